The second kappa shape index (κ2) is 13.0. The fourth-order valence-corrected chi connectivity index (χ4v) is 8.45. The van der Waals surface area contributed by atoms with Crippen molar-refractivity contribution in [1.29, 1.82) is 0 Å². The van der Waals surface area contributed by atoms with Gasteiger partial charge in [-0.25, -0.2) is 0 Å². The predicted octanol–water partition coefficient (Wildman–Crippen LogP) is 15.3. The minimum absolute atomic E-state index is 0.0871. The van der Waals surface area contributed by atoms with Gasteiger partial charge in [0.05, 0.1) is 0 Å². The smallest absolute Gasteiger partial charge is 0.0465 e. The Kier molecular flexibility index (Phi) is 7.78. The molecular weight excluding hydrogens is 663 g/mol. The van der Waals surface area contributed by atoms with Crippen LogP contribution in [-0.4, -0.2) is 4.98 Å². The summed E-state index contributed by atoms with van der Waals surface area (Å²) in [4.78, 5) is 3.65. The van der Waals surface area contributed by atoms with Crippen molar-refractivity contribution in [2.45, 2.75) is 26.2 Å². The molecule has 0 aliphatic rings. The highest BCUT2D eigenvalue weighted by Gasteiger charge is 2.19. The lowest BCUT2D eigenvalue weighted by molar-refractivity contribution is 0.591. The van der Waals surface area contributed by atoms with Gasteiger partial charge in [0, 0.05) is 21.8 Å². The summed E-state index contributed by atoms with van der Waals surface area (Å²) < 4.78 is 0. The van der Waals surface area contributed by atoms with Crippen LogP contribution in [0.1, 0.15) is 26.3 Å². The first-order valence-electron chi connectivity index (χ1n) is 19.3. The van der Waals surface area contributed by atoms with Crippen molar-refractivity contribution in [3.05, 3.63) is 194 Å². The molecule has 0 atom stereocenters. The number of hydrogen-bond acceptors (Lipinski definition) is 0. The summed E-state index contributed by atoms with van der Waals surface area (Å²) in [6.45, 7) is 6.84. The molecule has 0 aliphatic carbocycles. The molecule has 0 amide bonds. The van der Waals surface area contributed by atoms with Crippen molar-refractivity contribution < 1.29 is 0 Å². The standard InChI is InChI=1S/C54H41N/c1-54(2,3)43-26-30-51-47(34-43)46-31-42(25-29-50(46)55-51)37-19-21-39(22-20-37)53-45-28-24-40(35-13-7-4-8-14-35)32-48(45)52(38-17-11-6-12-18-38)44-27-23-41(33-49(44)53)36-15-9-5-10-16-36/h4-34,55H,1-3H3. The van der Waals surface area contributed by atoms with Crippen molar-refractivity contribution in [3.63, 3.8) is 0 Å². The molecule has 9 aromatic carbocycles. The average molecular weight is 704 g/mol. The molecule has 1 aromatic heterocycles. The van der Waals surface area contributed by atoms with Gasteiger partial charge in [0.15, 0.2) is 0 Å². The van der Waals surface area contributed by atoms with Crippen LogP contribution in [0.25, 0.3) is 99.0 Å². The van der Waals surface area contributed by atoms with E-state index in [1.54, 1.807) is 0 Å². The summed E-state index contributed by atoms with van der Waals surface area (Å²) in [5, 5.41) is 7.55. The Hall–Kier alpha value is -6.70. The third kappa shape index (κ3) is 5.81. The van der Waals surface area contributed by atoms with E-state index in [2.05, 4.69) is 214 Å². The number of aromatic amines is 1. The fourth-order valence-electron chi connectivity index (χ4n) is 8.45. The van der Waals surface area contributed by atoms with E-state index in [-0.39, 0.29) is 5.41 Å². The van der Waals surface area contributed by atoms with Gasteiger partial charge < -0.3 is 4.98 Å². The summed E-state index contributed by atoms with van der Waals surface area (Å²) in [6.07, 6.45) is 0. The molecule has 262 valence electrons. The average Bonchev–Trinajstić information content (AvgIpc) is 3.60. The zero-order valence-electron chi connectivity index (χ0n) is 31.4. The lowest BCUT2D eigenvalue weighted by Crippen LogP contribution is -2.10. The summed E-state index contributed by atoms with van der Waals surface area (Å²) in [6, 6.07) is 69.4. The molecule has 1 nitrogen and oxygen atoms in total. The van der Waals surface area contributed by atoms with Gasteiger partial charge in [-0.15, -0.1) is 0 Å². The largest absolute Gasteiger partial charge is 0.355 e. The van der Waals surface area contributed by atoms with E-state index in [9.17, 15) is 0 Å². The number of fused-ring (bicyclic) bond motifs is 5. The van der Waals surface area contributed by atoms with Gasteiger partial charge in [-0.05, 0) is 125 Å². The third-order valence-electron chi connectivity index (χ3n) is 11.4. The molecule has 55 heavy (non-hydrogen) atoms. The van der Waals surface area contributed by atoms with Crippen LogP contribution < -0.4 is 0 Å². The van der Waals surface area contributed by atoms with Gasteiger partial charge in [-0.1, -0.05) is 172 Å². The van der Waals surface area contributed by atoms with E-state index in [0.717, 1.165) is 0 Å². The normalized spacial score (nSPS) is 11.9. The van der Waals surface area contributed by atoms with Crippen LogP contribution in [0.3, 0.4) is 0 Å². The maximum Gasteiger partial charge on any atom is 0.0465 e. The van der Waals surface area contributed by atoms with Gasteiger partial charge in [0.2, 0.25) is 0 Å². The monoisotopic (exact) mass is 703 g/mol. The number of aromatic nitrogens is 1. The first-order chi connectivity index (χ1) is 26.9. The number of rotatable bonds is 5. The minimum atomic E-state index is 0.0871. The highest BCUT2D eigenvalue weighted by Crippen LogP contribution is 2.46. The number of hydrogen-bond donors (Lipinski definition) is 1. The van der Waals surface area contributed by atoms with E-state index >= 15 is 0 Å². The molecule has 0 aliphatic heterocycles. The van der Waals surface area contributed by atoms with Gasteiger partial charge in [-0.2, -0.15) is 0 Å². The van der Waals surface area contributed by atoms with Gasteiger partial charge in [-0.3, -0.25) is 0 Å². The van der Waals surface area contributed by atoms with Crippen molar-refractivity contribution in [3.8, 4) is 55.6 Å². The lowest BCUT2D eigenvalue weighted by Gasteiger charge is -2.20. The fraction of sp³-hybridized carbons (Fsp3) is 0.0741. The zero-order chi connectivity index (χ0) is 37.1. The van der Waals surface area contributed by atoms with E-state index in [1.165, 1.54) is 105 Å². The molecule has 1 heterocycles. The highest BCUT2D eigenvalue weighted by atomic mass is 14.7. The molecule has 1 N–H and O–H groups in total. The SMILES string of the molecule is CC(C)(C)c1ccc2[nH]c3ccc(-c4ccc(-c5c6ccc(-c7ccccc7)cc6c(-c6ccccc6)c6ccc(-c7ccccc7)cc56)cc4)cc3c2c1. The quantitative estimate of drug-likeness (QED) is 0.172. The Morgan fingerprint density at radius 2 is 0.655 bits per heavy atom. The number of nitrogens with one attached hydrogen (secondary N) is 1. The topological polar surface area (TPSA) is 15.8 Å². The Balaban J connectivity index is 1.19. The first-order valence-corrected chi connectivity index (χ1v) is 19.3. The molecule has 0 saturated carbocycles. The Morgan fingerprint density at radius 1 is 0.291 bits per heavy atom. The van der Waals surface area contributed by atoms with E-state index < -0.39 is 0 Å². The van der Waals surface area contributed by atoms with Crippen molar-refractivity contribution in [2.24, 2.45) is 0 Å². The molecule has 1 heteroatoms. The van der Waals surface area contributed by atoms with Crippen molar-refractivity contribution in [2.75, 3.05) is 0 Å². The molecule has 0 fully saturated rings. The third-order valence-corrected chi connectivity index (χ3v) is 11.4. The molecule has 0 radical (unpaired) electrons. The molecule has 0 saturated heterocycles. The Morgan fingerprint density at radius 3 is 1.16 bits per heavy atom. The highest BCUT2D eigenvalue weighted by molar-refractivity contribution is 6.22. The van der Waals surface area contributed by atoms with E-state index in [1.807, 2.05) is 0 Å². The van der Waals surface area contributed by atoms with Crippen molar-refractivity contribution in [1.82, 2.24) is 4.98 Å². The Bertz CT molecular complexity index is 3020. The van der Waals surface area contributed by atoms with Crippen LogP contribution in [0.5, 0.6) is 0 Å². The van der Waals surface area contributed by atoms with Crippen LogP contribution in [0, 0.1) is 0 Å². The second-order valence-electron chi connectivity index (χ2n) is 15.8. The second-order valence-corrected chi connectivity index (χ2v) is 15.8. The van der Waals surface area contributed by atoms with Gasteiger partial charge in [0.25, 0.3) is 0 Å². The molecule has 0 unspecified atom stereocenters. The summed E-state index contributed by atoms with van der Waals surface area (Å²) in [5.74, 6) is 0. The number of H-pyrrole nitrogens is 1. The van der Waals surface area contributed by atoms with E-state index in [4.69, 9.17) is 0 Å². The minimum Gasteiger partial charge on any atom is -0.355 e. The van der Waals surface area contributed by atoms with Gasteiger partial charge >= 0.3 is 0 Å². The van der Waals surface area contributed by atoms with E-state index in [0.29, 0.717) is 0 Å². The molecule has 10 aromatic rings. The summed E-state index contributed by atoms with van der Waals surface area (Å²) >= 11 is 0. The maximum absolute atomic E-state index is 3.65. The molecule has 0 bridgehead atoms. The number of benzene rings is 9. The summed E-state index contributed by atoms with van der Waals surface area (Å²) in [5.41, 5.74) is 16.0. The lowest BCUT2D eigenvalue weighted by atomic mass is 9.83. The Labute approximate surface area is 322 Å². The zero-order valence-corrected chi connectivity index (χ0v) is 31.4. The predicted molar refractivity (Wildman–Crippen MR) is 237 cm³/mol. The summed E-state index contributed by atoms with van der Waals surface area (Å²) in [7, 11) is 0. The van der Waals surface area contributed by atoms with Crippen LogP contribution in [0.2, 0.25) is 0 Å². The molecular formula is C54H41N. The van der Waals surface area contributed by atoms with Gasteiger partial charge in [0.1, 0.15) is 0 Å². The first kappa shape index (κ1) is 32.9. The van der Waals surface area contributed by atoms with Crippen LogP contribution in [0.15, 0.2) is 188 Å². The van der Waals surface area contributed by atoms with Crippen molar-refractivity contribution >= 4 is 43.4 Å². The van der Waals surface area contributed by atoms with Crippen LogP contribution >= 0.6 is 0 Å². The molecule has 0 spiro atoms. The van der Waals surface area contributed by atoms with Crippen LogP contribution in [-0.2, 0) is 5.41 Å². The van der Waals surface area contributed by atoms with Crippen LogP contribution in [0.4, 0.5) is 0 Å². The molecule has 10 rings (SSSR count). The maximum atomic E-state index is 3.65.